The van der Waals surface area contributed by atoms with Gasteiger partial charge in [0.1, 0.15) is 5.82 Å². The molecule has 0 amide bonds. The van der Waals surface area contributed by atoms with Crippen molar-refractivity contribution in [3.63, 3.8) is 0 Å². The number of rotatable bonds is 7. The first-order valence-electron chi connectivity index (χ1n) is 8.44. The minimum absolute atomic E-state index is 0. The summed E-state index contributed by atoms with van der Waals surface area (Å²) < 4.78 is 36.2. The summed E-state index contributed by atoms with van der Waals surface area (Å²) in [6, 6.07) is 13.2. The van der Waals surface area contributed by atoms with Gasteiger partial charge in [-0.25, -0.2) is 17.8 Å². The van der Waals surface area contributed by atoms with Crippen molar-refractivity contribution in [1.29, 1.82) is 0 Å². The molecule has 2 N–H and O–H groups in total. The molecule has 27 heavy (non-hydrogen) atoms. The van der Waals surface area contributed by atoms with Crippen LogP contribution in [0.5, 0.6) is 0 Å². The second-order valence-corrected chi connectivity index (χ2v) is 7.93. The summed E-state index contributed by atoms with van der Waals surface area (Å²) in [6.07, 6.45) is 1.87. The Hall–Kier alpha value is -1.68. The predicted octanol–water partition coefficient (Wildman–Crippen LogP) is 3.15. The summed E-state index contributed by atoms with van der Waals surface area (Å²) in [7, 11) is -3.19. The predicted molar refractivity (Wildman–Crippen MR) is 118 cm³/mol. The van der Waals surface area contributed by atoms with Crippen molar-refractivity contribution in [1.82, 2.24) is 10.6 Å². The highest BCUT2D eigenvalue weighted by molar-refractivity contribution is 14.0. The first-order chi connectivity index (χ1) is 12.4. The monoisotopic (exact) mass is 505 g/mol. The van der Waals surface area contributed by atoms with Crippen molar-refractivity contribution < 1.29 is 12.8 Å². The van der Waals surface area contributed by atoms with Crippen LogP contribution in [0.2, 0.25) is 0 Å². The molecule has 2 aromatic rings. The first-order valence-corrected chi connectivity index (χ1v) is 10.3. The van der Waals surface area contributed by atoms with Crippen LogP contribution in [-0.4, -0.2) is 33.7 Å². The molecular weight excluding hydrogens is 480 g/mol. The third-order valence-corrected chi connectivity index (χ3v) is 4.84. The number of nitrogens with zero attached hydrogens (tertiary/aromatic N) is 1. The number of aliphatic imine (C=N–C) groups is 1. The second-order valence-electron chi connectivity index (χ2n) is 5.92. The largest absolute Gasteiger partial charge is 0.357 e. The van der Waals surface area contributed by atoms with Crippen LogP contribution in [0.1, 0.15) is 18.1 Å². The van der Waals surface area contributed by atoms with Crippen LogP contribution in [-0.2, 0) is 22.8 Å². The average molecular weight is 505 g/mol. The molecule has 0 unspecified atom stereocenters. The molecular formula is C19H25FIN3O2S. The summed E-state index contributed by atoms with van der Waals surface area (Å²) in [5.74, 6) is 0.428. The fourth-order valence-corrected chi connectivity index (χ4v) is 3.00. The molecule has 0 bridgehead atoms. The Kier molecular flexibility index (Phi) is 9.71. The molecule has 5 nitrogen and oxygen atoms in total. The Morgan fingerprint density at radius 3 is 2.37 bits per heavy atom. The van der Waals surface area contributed by atoms with Gasteiger partial charge in [0.25, 0.3) is 0 Å². The highest BCUT2D eigenvalue weighted by Crippen LogP contribution is 2.11. The quantitative estimate of drug-likeness (QED) is 0.345. The summed E-state index contributed by atoms with van der Waals surface area (Å²) >= 11 is 0. The molecule has 0 saturated carbocycles. The number of sulfone groups is 1. The first kappa shape index (κ1) is 23.4. The van der Waals surface area contributed by atoms with Crippen LogP contribution in [0.4, 0.5) is 4.39 Å². The third-order valence-electron chi connectivity index (χ3n) is 3.71. The van der Waals surface area contributed by atoms with Crippen molar-refractivity contribution in [3.8, 4) is 0 Å². The molecule has 0 aliphatic heterocycles. The second kappa shape index (κ2) is 11.2. The number of hydrogen-bond donors (Lipinski definition) is 2. The van der Waals surface area contributed by atoms with Gasteiger partial charge < -0.3 is 10.6 Å². The van der Waals surface area contributed by atoms with E-state index in [1.165, 1.54) is 18.4 Å². The van der Waals surface area contributed by atoms with Gasteiger partial charge in [-0.2, -0.15) is 0 Å². The summed E-state index contributed by atoms with van der Waals surface area (Å²) in [5.41, 5.74) is 1.84. The zero-order chi connectivity index (χ0) is 19.0. The zero-order valence-electron chi connectivity index (χ0n) is 15.4. The minimum atomic E-state index is -3.19. The molecule has 0 spiro atoms. The highest BCUT2D eigenvalue weighted by Gasteiger charge is 2.06. The van der Waals surface area contributed by atoms with E-state index in [0.29, 0.717) is 30.4 Å². The number of guanidine groups is 1. The van der Waals surface area contributed by atoms with Gasteiger partial charge in [-0.05, 0) is 48.7 Å². The van der Waals surface area contributed by atoms with Crippen molar-refractivity contribution in [3.05, 3.63) is 65.5 Å². The van der Waals surface area contributed by atoms with E-state index in [1.807, 2.05) is 13.0 Å². The molecule has 0 aromatic heterocycles. The molecule has 0 radical (unpaired) electrons. The van der Waals surface area contributed by atoms with Crippen molar-refractivity contribution in [2.24, 2.45) is 4.99 Å². The Balaban J connectivity index is 0.00000364. The normalized spacial score (nSPS) is 11.6. The van der Waals surface area contributed by atoms with E-state index in [-0.39, 0.29) is 29.8 Å². The molecule has 2 rings (SSSR count). The van der Waals surface area contributed by atoms with Crippen LogP contribution in [0.3, 0.4) is 0 Å². The smallest absolute Gasteiger partial charge is 0.191 e. The molecule has 0 fully saturated rings. The van der Waals surface area contributed by atoms with Gasteiger partial charge >= 0.3 is 0 Å². The Morgan fingerprint density at radius 2 is 1.78 bits per heavy atom. The fourth-order valence-electron chi connectivity index (χ4n) is 2.37. The van der Waals surface area contributed by atoms with Crippen molar-refractivity contribution in [2.75, 3.05) is 19.3 Å². The SMILES string of the molecule is CCNC(=NCc1ccc(S(C)(=O)=O)cc1)NCCc1cccc(F)c1.I. The molecule has 0 atom stereocenters. The van der Waals surface area contributed by atoms with E-state index in [1.54, 1.807) is 30.3 Å². The zero-order valence-corrected chi connectivity index (χ0v) is 18.6. The van der Waals surface area contributed by atoms with Gasteiger partial charge in [-0.3, -0.25) is 0 Å². The van der Waals surface area contributed by atoms with Gasteiger partial charge in [-0.15, -0.1) is 24.0 Å². The summed E-state index contributed by atoms with van der Waals surface area (Å²) in [6.45, 7) is 3.76. The number of nitrogens with one attached hydrogen (secondary N) is 2. The van der Waals surface area contributed by atoms with E-state index in [2.05, 4.69) is 15.6 Å². The van der Waals surface area contributed by atoms with Gasteiger partial charge in [0.15, 0.2) is 15.8 Å². The lowest BCUT2D eigenvalue weighted by Gasteiger charge is -2.11. The van der Waals surface area contributed by atoms with E-state index in [9.17, 15) is 12.8 Å². The molecule has 0 aliphatic rings. The summed E-state index contributed by atoms with van der Waals surface area (Å²) in [4.78, 5) is 4.79. The topological polar surface area (TPSA) is 70.6 Å². The number of hydrogen-bond acceptors (Lipinski definition) is 3. The van der Waals surface area contributed by atoms with Crippen LogP contribution < -0.4 is 10.6 Å². The maximum Gasteiger partial charge on any atom is 0.191 e. The Labute approximate surface area is 177 Å². The number of benzene rings is 2. The van der Waals surface area contributed by atoms with Gasteiger partial charge in [0, 0.05) is 19.3 Å². The van der Waals surface area contributed by atoms with E-state index in [4.69, 9.17) is 0 Å². The lowest BCUT2D eigenvalue weighted by molar-refractivity contribution is 0.602. The molecule has 8 heteroatoms. The standard InChI is InChI=1S/C19H24FN3O2S.HI/c1-3-21-19(22-12-11-15-5-4-6-17(20)13-15)23-14-16-7-9-18(10-8-16)26(2,24)25;/h4-10,13H,3,11-12,14H2,1-2H3,(H2,21,22,23);1H. The van der Waals surface area contributed by atoms with E-state index >= 15 is 0 Å². The molecule has 148 valence electrons. The van der Waals surface area contributed by atoms with Crippen LogP contribution >= 0.6 is 24.0 Å². The fraction of sp³-hybridized carbons (Fsp3) is 0.316. The molecule has 2 aromatic carbocycles. The van der Waals surface area contributed by atoms with Gasteiger partial charge in [-0.1, -0.05) is 24.3 Å². The maximum absolute atomic E-state index is 13.2. The Bertz CT molecular complexity index is 856. The molecule has 0 heterocycles. The Morgan fingerprint density at radius 1 is 1.07 bits per heavy atom. The van der Waals surface area contributed by atoms with Crippen LogP contribution in [0, 0.1) is 5.82 Å². The summed E-state index contributed by atoms with van der Waals surface area (Å²) in [5, 5.41) is 6.37. The van der Waals surface area contributed by atoms with Gasteiger partial charge in [0.2, 0.25) is 0 Å². The minimum Gasteiger partial charge on any atom is -0.357 e. The number of halogens is 2. The average Bonchev–Trinajstić information content (AvgIpc) is 2.59. The van der Waals surface area contributed by atoms with Crippen LogP contribution in [0.15, 0.2) is 58.4 Å². The van der Waals surface area contributed by atoms with E-state index in [0.717, 1.165) is 17.7 Å². The highest BCUT2D eigenvalue weighted by atomic mass is 127. The van der Waals surface area contributed by atoms with Crippen molar-refractivity contribution in [2.45, 2.75) is 24.8 Å². The third kappa shape index (κ3) is 8.25. The molecule has 0 saturated heterocycles. The molecule has 0 aliphatic carbocycles. The lowest BCUT2D eigenvalue weighted by atomic mass is 10.1. The van der Waals surface area contributed by atoms with Crippen molar-refractivity contribution >= 4 is 39.8 Å². The maximum atomic E-state index is 13.2. The lowest BCUT2D eigenvalue weighted by Crippen LogP contribution is -2.38. The van der Waals surface area contributed by atoms with Crippen LogP contribution in [0.25, 0.3) is 0 Å². The van der Waals surface area contributed by atoms with E-state index < -0.39 is 9.84 Å². The van der Waals surface area contributed by atoms with Gasteiger partial charge in [0.05, 0.1) is 11.4 Å².